The standard InChI is InChI=1S/C16H24N4/c1-12(2)17-10-15(9-16-18-11-19-20(16)4)14-7-5-6-13(3)8-14/h5-8,11-12,15,17H,9-10H2,1-4H3. The smallest absolute Gasteiger partial charge is 0.138 e. The van der Waals surface area contributed by atoms with Crippen molar-refractivity contribution in [2.75, 3.05) is 6.54 Å². The topological polar surface area (TPSA) is 42.7 Å². The number of aromatic nitrogens is 3. The van der Waals surface area contributed by atoms with Crippen LogP contribution in [0.5, 0.6) is 0 Å². The lowest BCUT2D eigenvalue weighted by molar-refractivity contribution is 0.512. The maximum absolute atomic E-state index is 4.35. The molecule has 0 bridgehead atoms. The first kappa shape index (κ1) is 14.7. The van der Waals surface area contributed by atoms with Crippen LogP contribution < -0.4 is 5.32 Å². The van der Waals surface area contributed by atoms with Crippen molar-refractivity contribution in [3.8, 4) is 0 Å². The quantitative estimate of drug-likeness (QED) is 0.878. The highest BCUT2D eigenvalue weighted by Gasteiger charge is 2.15. The Morgan fingerprint density at radius 2 is 2.10 bits per heavy atom. The third-order valence-corrected chi connectivity index (χ3v) is 3.52. The van der Waals surface area contributed by atoms with Crippen molar-refractivity contribution in [2.24, 2.45) is 7.05 Å². The molecule has 0 saturated carbocycles. The second kappa shape index (κ2) is 6.66. The van der Waals surface area contributed by atoms with Crippen LogP contribution in [0, 0.1) is 6.92 Å². The summed E-state index contributed by atoms with van der Waals surface area (Å²) in [5.41, 5.74) is 2.66. The summed E-state index contributed by atoms with van der Waals surface area (Å²) in [6.07, 6.45) is 2.53. The second-order valence-corrected chi connectivity index (χ2v) is 5.68. The van der Waals surface area contributed by atoms with E-state index < -0.39 is 0 Å². The molecule has 4 nitrogen and oxygen atoms in total. The number of benzene rings is 1. The molecule has 0 aliphatic heterocycles. The fourth-order valence-corrected chi connectivity index (χ4v) is 2.34. The first-order valence-corrected chi connectivity index (χ1v) is 7.19. The zero-order valence-electron chi connectivity index (χ0n) is 12.8. The first-order valence-electron chi connectivity index (χ1n) is 7.19. The fraction of sp³-hybridized carbons (Fsp3) is 0.500. The molecule has 1 N–H and O–H groups in total. The number of nitrogens with zero attached hydrogens (tertiary/aromatic N) is 3. The summed E-state index contributed by atoms with van der Waals surface area (Å²) in [6, 6.07) is 9.23. The third kappa shape index (κ3) is 3.90. The minimum absolute atomic E-state index is 0.417. The van der Waals surface area contributed by atoms with E-state index in [2.05, 4.69) is 60.4 Å². The van der Waals surface area contributed by atoms with Crippen LogP contribution in [-0.2, 0) is 13.5 Å². The zero-order chi connectivity index (χ0) is 14.5. The van der Waals surface area contributed by atoms with Crippen molar-refractivity contribution in [3.05, 3.63) is 47.5 Å². The molecule has 0 saturated heterocycles. The SMILES string of the molecule is Cc1cccc(C(CNC(C)C)Cc2ncnn2C)c1. The molecular weight excluding hydrogens is 248 g/mol. The Morgan fingerprint density at radius 1 is 1.30 bits per heavy atom. The molecule has 0 aliphatic rings. The van der Waals surface area contributed by atoms with Crippen LogP contribution in [0.2, 0.25) is 0 Å². The molecule has 0 radical (unpaired) electrons. The van der Waals surface area contributed by atoms with Gasteiger partial charge in [0, 0.05) is 32.0 Å². The van der Waals surface area contributed by atoms with Gasteiger partial charge in [-0.2, -0.15) is 5.10 Å². The van der Waals surface area contributed by atoms with Gasteiger partial charge in [-0.3, -0.25) is 4.68 Å². The van der Waals surface area contributed by atoms with E-state index in [1.54, 1.807) is 6.33 Å². The predicted molar refractivity (Wildman–Crippen MR) is 81.8 cm³/mol. The summed E-state index contributed by atoms with van der Waals surface area (Å²) < 4.78 is 1.86. The Kier molecular flexibility index (Phi) is 4.90. The average molecular weight is 272 g/mol. The van der Waals surface area contributed by atoms with Gasteiger partial charge in [-0.1, -0.05) is 43.7 Å². The molecule has 0 amide bonds. The van der Waals surface area contributed by atoms with Gasteiger partial charge in [0.15, 0.2) is 0 Å². The van der Waals surface area contributed by atoms with E-state index in [0.29, 0.717) is 12.0 Å². The van der Waals surface area contributed by atoms with Gasteiger partial charge < -0.3 is 5.32 Å². The Bertz CT molecular complexity index is 545. The number of hydrogen-bond acceptors (Lipinski definition) is 3. The second-order valence-electron chi connectivity index (χ2n) is 5.68. The molecule has 1 atom stereocenters. The van der Waals surface area contributed by atoms with Crippen molar-refractivity contribution >= 4 is 0 Å². The van der Waals surface area contributed by atoms with Crippen molar-refractivity contribution in [2.45, 2.75) is 39.2 Å². The fourth-order valence-electron chi connectivity index (χ4n) is 2.34. The Balaban J connectivity index is 2.18. The van der Waals surface area contributed by atoms with E-state index >= 15 is 0 Å². The number of hydrogen-bond donors (Lipinski definition) is 1. The minimum atomic E-state index is 0.417. The Morgan fingerprint density at radius 3 is 2.70 bits per heavy atom. The maximum atomic E-state index is 4.35. The molecule has 1 heterocycles. The first-order chi connectivity index (χ1) is 9.56. The molecule has 0 aliphatic carbocycles. The summed E-state index contributed by atoms with van der Waals surface area (Å²) in [5, 5.41) is 7.70. The molecular formula is C16H24N4. The van der Waals surface area contributed by atoms with E-state index in [0.717, 1.165) is 18.8 Å². The van der Waals surface area contributed by atoms with E-state index in [9.17, 15) is 0 Å². The lowest BCUT2D eigenvalue weighted by Crippen LogP contribution is -2.29. The van der Waals surface area contributed by atoms with Crippen LogP contribution in [0.3, 0.4) is 0 Å². The van der Waals surface area contributed by atoms with E-state index in [1.165, 1.54) is 11.1 Å². The Hall–Kier alpha value is -1.68. The monoisotopic (exact) mass is 272 g/mol. The molecule has 20 heavy (non-hydrogen) atoms. The van der Waals surface area contributed by atoms with Gasteiger partial charge in [0.05, 0.1) is 0 Å². The molecule has 2 aromatic rings. The van der Waals surface area contributed by atoms with Crippen LogP contribution >= 0.6 is 0 Å². The van der Waals surface area contributed by atoms with Crippen LogP contribution in [0.4, 0.5) is 0 Å². The van der Waals surface area contributed by atoms with Gasteiger partial charge >= 0.3 is 0 Å². The average Bonchev–Trinajstić information content (AvgIpc) is 2.79. The van der Waals surface area contributed by atoms with E-state index in [-0.39, 0.29) is 0 Å². The summed E-state index contributed by atoms with van der Waals surface area (Å²) in [6.45, 7) is 7.44. The van der Waals surface area contributed by atoms with Gasteiger partial charge in [-0.05, 0) is 12.5 Å². The normalized spacial score (nSPS) is 12.8. The van der Waals surface area contributed by atoms with E-state index in [1.807, 2.05) is 11.7 Å². The van der Waals surface area contributed by atoms with Crippen LogP contribution in [0.25, 0.3) is 0 Å². The highest BCUT2D eigenvalue weighted by atomic mass is 15.3. The molecule has 2 rings (SSSR count). The number of rotatable bonds is 6. The van der Waals surface area contributed by atoms with Gasteiger partial charge in [0.25, 0.3) is 0 Å². The largest absolute Gasteiger partial charge is 0.314 e. The highest BCUT2D eigenvalue weighted by Crippen LogP contribution is 2.20. The molecule has 1 aromatic heterocycles. The summed E-state index contributed by atoms with van der Waals surface area (Å²) in [4.78, 5) is 4.35. The van der Waals surface area contributed by atoms with Crippen LogP contribution in [0.1, 0.15) is 36.7 Å². The summed E-state index contributed by atoms with van der Waals surface area (Å²) >= 11 is 0. The number of aryl methyl sites for hydroxylation is 2. The molecule has 1 unspecified atom stereocenters. The molecule has 108 valence electrons. The van der Waals surface area contributed by atoms with Crippen molar-refractivity contribution in [1.29, 1.82) is 0 Å². The molecule has 4 heteroatoms. The van der Waals surface area contributed by atoms with Crippen molar-refractivity contribution in [3.63, 3.8) is 0 Å². The molecule has 0 spiro atoms. The van der Waals surface area contributed by atoms with Gasteiger partial charge in [-0.15, -0.1) is 0 Å². The third-order valence-electron chi connectivity index (χ3n) is 3.52. The lowest BCUT2D eigenvalue weighted by atomic mass is 9.93. The zero-order valence-corrected chi connectivity index (χ0v) is 12.8. The highest BCUT2D eigenvalue weighted by molar-refractivity contribution is 5.26. The lowest BCUT2D eigenvalue weighted by Gasteiger charge is -2.20. The van der Waals surface area contributed by atoms with Gasteiger partial charge in [0.2, 0.25) is 0 Å². The van der Waals surface area contributed by atoms with Crippen molar-refractivity contribution in [1.82, 2.24) is 20.1 Å². The summed E-state index contributed by atoms with van der Waals surface area (Å²) in [5.74, 6) is 1.45. The predicted octanol–water partition coefficient (Wildman–Crippen LogP) is 2.45. The van der Waals surface area contributed by atoms with Gasteiger partial charge in [-0.25, -0.2) is 4.98 Å². The van der Waals surface area contributed by atoms with Crippen molar-refractivity contribution < 1.29 is 0 Å². The van der Waals surface area contributed by atoms with Crippen LogP contribution in [-0.4, -0.2) is 27.4 Å². The number of nitrogens with one attached hydrogen (secondary N) is 1. The van der Waals surface area contributed by atoms with E-state index in [4.69, 9.17) is 0 Å². The summed E-state index contributed by atoms with van der Waals surface area (Å²) in [7, 11) is 1.95. The maximum Gasteiger partial charge on any atom is 0.138 e. The Labute approximate surface area is 121 Å². The minimum Gasteiger partial charge on any atom is -0.314 e. The van der Waals surface area contributed by atoms with Gasteiger partial charge in [0.1, 0.15) is 12.2 Å². The van der Waals surface area contributed by atoms with Crippen LogP contribution in [0.15, 0.2) is 30.6 Å². The molecule has 0 fully saturated rings. The molecule has 1 aromatic carbocycles.